The minimum absolute atomic E-state index is 0.272. The molecule has 7 nitrogen and oxygen atoms in total. The van der Waals surface area contributed by atoms with Gasteiger partial charge in [0.05, 0.1) is 0 Å². The van der Waals surface area contributed by atoms with Gasteiger partial charge in [-0.15, -0.1) is 0 Å². The summed E-state index contributed by atoms with van der Waals surface area (Å²) in [7, 11) is 0. The summed E-state index contributed by atoms with van der Waals surface area (Å²) in [6.07, 6.45) is 0.827. The number of rotatable bonds is 3. The van der Waals surface area contributed by atoms with E-state index >= 15 is 0 Å². The van der Waals surface area contributed by atoms with Crippen LogP contribution in [-0.4, -0.2) is 38.5 Å². The van der Waals surface area contributed by atoms with Crippen LogP contribution in [0.4, 0.5) is 5.69 Å². The van der Waals surface area contributed by atoms with E-state index in [-0.39, 0.29) is 12.1 Å². The van der Waals surface area contributed by atoms with Crippen LogP contribution in [0.5, 0.6) is 0 Å². The van der Waals surface area contributed by atoms with Gasteiger partial charge in [0.1, 0.15) is 0 Å². The van der Waals surface area contributed by atoms with Crippen LogP contribution < -0.4 is 5.73 Å². The van der Waals surface area contributed by atoms with Gasteiger partial charge in [-0.2, -0.15) is 0 Å². The lowest BCUT2D eigenvalue weighted by atomic mass is 9.90. The van der Waals surface area contributed by atoms with Gasteiger partial charge in [-0.25, -0.2) is 9.59 Å². The Labute approximate surface area is 130 Å². The SMILES string of the molecule is CC(=O)N1C=C(c2ccc(Cl)cc2N)CC1(C(=O)O)C(=O)O. The molecule has 0 aliphatic carbocycles. The Balaban J connectivity index is 2.57. The van der Waals surface area contributed by atoms with Crippen LogP contribution in [0.1, 0.15) is 18.9 Å². The zero-order chi connectivity index (χ0) is 16.7. The molecule has 0 saturated carbocycles. The predicted octanol–water partition coefficient (Wildman–Crippen LogP) is 1.42. The molecule has 0 radical (unpaired) electrons. The van der Waals surface area contributed by atoms with Crippen LogP contribution in [0, 0.1) is 0 Å². The lowest BCUT2D eigenvalue weighted by Crippen LogP contribution is -2.57. The quantitative estimate of drug-likeness (QED) is 0.571. The zero-order valence-corrected chi connectivity index (χ0v) is 12.3. The first-order valence-corrected chi connectivity index (χ1v) is 6.60. The molecule has 0 unspecified atom stereocenters. The number of carboxylic acids is 2. The average Bonchev–Trinajstić information content (AvgIpc) is 2.80. The van der Waals surface area contributed by atoms with E-state index in [0.29, 0.717) is 21.1 Å². The van der Waals surface area contributed by atoms with Gasteiger partial charge < -0.3 is 15.9 Å². The highest BCUT2D eigenvalue weighted by Crippen LogP contribution is 2.40. The van der Waals surface area contributed by atoms with Crippen LogP contribution in [-0.2, 0) is 14.4 Å². The Kier molecular flexibility index (Phi) is 3.85. The van der Waals surface area contributed by atoms with Crippen molar-refractivity contribution < 1.29 is 24.6 Å². The first-order chi connectivity index (χ1) is 10.2. The summed E-state index contributed by atoms with van der Waals surface area (Å²) in [5, 5.41) is 19.1. The lowest BCUT2D eigenvalue weighted by molar-refractivity contribution is -0.168. The maximum Gasteiger partial charge on any atom is 0.342 e. The number of carbonyl (C=O) groups excluding carboxylic acids is 1. The molecule has 1 aromatic carbocycles. The van der Waals surface area contributed by atoms with Gasteiger partial charge >= 0.3 is 11.9 Å². The van der Waals surface area contributed by atoms with Gasteiger partial charge in [0.2, 0.25) is 11.4 Å². The standard InChI is InChI=1S/C14H13ClN2O5/c1-7(18)17-6-8(5-14(17,12(19)20)13(21)22)10-3-2-9(15)4-11(10)16/h2-4,6H,5,16H2,1H3,(H,19,20)(H,21,22). The molecule has 0 spiro atoms. The lowest BCUT2D eigenvalue weighted by Gasteiger charge is -2.29. The molecule has 4 N–H and O–H groups in total. The molecule has 0 bridgehead atoms. The van der Waals surface area contributed by atoms with E-state index in [0.717, 1.165) is 6.92 Å². The number of nitrogens with zero attached hydrogens (tertiary/aromatic N) is 1. The molecule has 1 aliphatic heterocycles. The summed E-state index contributed by atoms with van der Waals surface area (Å²) < 4.78 is 0. The van der Waals surface area contributed by atoms with Gasteiger partial charge in [0.25, 0.3) is 0 Å². The van der Waals surface area contributed by atoms with E-state index < -0.39 is 23.4 Å². The van der Waals surface area contributed by atoms with Gasteiger partial charge in [-0.1, -0.05) is 17.7 Å². The molecule has 8 heteroatoms. The first kappa shape index (κ1) is 15.8. The molecular formula is C14H13ClN2O5. The van der Waals surface area contributed by atoms with Crippen LogP contribution in [0.3, 0.4) is 0 Å². The van der Waals surface area contributed by atoms with Crippen molar-refractivity contribution in [1.29, 1.82) is 0 Å². The fourth-order valence-electron chi connectivity index (χ4n) is 2.47. The molecule has 116 valence electrons. The summed E-state index contributed by atoms with van der Waals surface area (Å²) in [6, 6.07) is 4.58. The molecule has 1 aromatic rings. The molecule has 2 rings (SSSR count). The van der Waals surface area contributed by atoms with E-state index in [1.165, 1.54) is 12.3 Å². The molecule has 22 heavy (non-hydrogen) atoms. The van der Waals surface area contributed by atoms with Crippen molar-refractivity contribution in [1.82, 2.24) is 4.90 Å². The molecule has 1 heterocycles. The monoisotopic (exact) mass is 324 g/mol. The third-order valence-electron chi connectivity index (χ3n) is 3.55. The maximum atomic E-state index is 11.7. The normalized spacial score (nSPS) is 16.3. The predicted molar refractivity (Wildman–Crippen MR) is 79.0 cm³/mol. The van der Waals surface area contributed by atoms with Gasteiger partial charge in [-0.05, 0) is 17.7 Å². The van der Waals surface area contributed by atoms with E-state index in [4.69, 9.17) is 17.3 Å². The minimum atomic E-state index is -2.37. The van der Waals surface area contributed by atoms with Gasteiger partial charge in [-0.3, -0.25) is 9.69 Å². The fraction of sp³-hybridized carbons (Fsp3) is 0.214. The third-order valence-corrected chi connectivity index (χ3v) is 3.78. The number of amides is 1. The summed E-state index contributed by atoms with van der Waals surface area (Å²) in [6.45, 7) is 1.10. The Morgan fingerprint density at radius 2 is 1.86 bits per heavy atom. The van der Waals surface area contributed by atoms with Gasteiger partial charge in [0.15, 0.2) is 0 Å². The van der Waals surface area contributed by atoms with Crippen molar-refractivity contribution >= 4 is 40.7 Å². The topological polar surface area (TPSA) is 121 Å². The highest BCUT2D eigenvalue weighted by atomic mass is 35.5. The number of nitrogen functional groups attached to an aromatic ring is 1. The van der Waals surface area contributed by atoms with Crippen molar-refractivity contribution in [3.05, 3.63) is 35.0 Å². The summed E-state index contributed by atoms with van der Waals surface area (Å²) in [4.78, 5) is 35.5. The van der Waals surface area contributed by atoms with Crippen molar-refractivity contribution in [2.45, 2.75) is 18.9 Å². The molecule has 0 atom stereocenters. The Bertz CT molecular complexity index is 699. The number of halogens is 1. The second kappa shape index (κ2) is 5.34. The number of aliphatic carboxylic acids is 2. The Hall–Kier alpha value is -2.54. The first-order valence-electron chi connectivity index (χ1n) is 6.23. The smallest absolute Gasteiger partial charge is 0.342 e. The van der Waals surface area contributed by atoms with Crippen molar-refractivity contribution in [3.63, 3.8) is 0 Å². The number of carbonyl (C=O) groups is 3. The zero-order valence-electron chi connectivity index (χ0n) is 11.5. The summed E-state index contributed by atoms with van der Waals surface area (Å²) >= 11 is 5.81. The average molecular weight is 325 g/mol. The number of anilines is 1. The Morgan fingerprint density at radius 1 is 1.27 bits per heavy atom. The minimum Gasteiger partial charge on any atom is -0.479 e. The largest absolute Gasteiger partial charge is 0.479 e. The van der Waals surface area contributed by atoms with Gasteiger partial charge in [0, 0.05) is 35.8 Å². The van der Waals surface area contributed by atoms with Crippen molar-refractivity contribution in [2.75, 3.05) is 5.73 Å². The Morgan fingerprint density at radius 3 is 2.27 bits per heavy atom. The van der Waals surface area contributed by atoms with Crippen LogP contribution in [0.2, 0.25) is 5.02 Å². The molecule has 1 aliphatic rings. The van der Waals surface area contributed by atoms with E-state index in [1.807, 2.05) is 0 Å². The van der Waals surface area contributed by atoms with E-state index in [9.17, 15) is 24.6 Å². The number of hydrogen-bond donors (Lipinski definition) is 3. The molecule has 0 aromatic heterocycles. The summed E-state index contributed by atoms with van der Waals surface area (Å²) in [5.41, 5.74) is 4.53. The van der Waals surface area contributed by atoms with Crippen LogP contribution >= 0.6 is 11.6 Å². The summed E-state index contributed by atoms with van der Waals surface area (Å²) in [5.74, 6) is -3.92. The van der Waals surface area contributed by atoms with E-state index in [1.54, 1.807) is 12.1 Å². The van der Waals surface area contributed by atoms with Crippen molar-refractivity contribution in [3.8, 4) is 0 Å². The number of benzene rings is 1. The molecule has 1 amide bonds. The number of hydrogen-bond acceptors (Lipinski definition) is 4. The second-order valence-electron chi connectivity index (χ2n) is 4.92. The van der Waals surface area contributed by atoms with Crippen LogP contribution in [0.25, 0.3) is 5.57 Å². The second-order valence-corrected chi connectivity index (χ2v) is 5.36. The van der Waals surface area contributed by atoms with E-state index in [2.05, 4.69) is 0 Å². The number of carboxylic acid groups (broad SMARTS) is 2. The highest BCUT2D eigenvalue weighted by Gasteiger charge is 2.56. The fourth-order valence-corrected chi connectivity index (χ4v) is 2.65. The third kappa shape index (κ3) is 2.29. The molecule has 0 saturated heterocycles. The van der Waals surface area contributed by atoms with Crippen LogP contribution in [0.15, 0.2) is 24.4 Å². The number of nitrogens with two attached hydrogens (primary N) is 1. The maximum absolute atomic E-state index is 11.7. The molecule has 0 fully saturated rings. The van der Waals surface area contributed by atoms with Crippen molar-refractivity contribution in [2.24, 2.45) is 0 Å². The molecular weight excluding hydrogens is 312 g/mol. The highest BCUT2D eigenvalue weighted by molar-refractivity contribution is 6.31.